The van der Waals surface area contributed by atoms with Gasteiger partial charge in [0.25, 0.3) is 5.91 Å². The van der Waals surface area contributed by atoms with E-state index in [0.717, 1.165) is 0 Å². The van der Waals surface area contributed by atoms with E-state index < -0.39 is 5.97 Å². The van der Waals surface area contributed by atoms with Crippen molar-refractivity contribution < 1.29 is 23.8 Å². The quantitative estimate of drug-likeness (QED) is 0.597. The lowest BCUT2D eigenvalue weighted by Crippen LogP contribution is -2.12. The van der Waals surface area contributed by atoms with Crippen LogP contribution in [0.15, 0.2) is 34.8 Å². The largest absolute Gasteiger partial charge is 0.495 e. The van der Waals surface area contributed by atoms with Crippen molar-refractivity contribution in [2.75, 3.05) is 26.6 Å². The molecule has 0 fully saturated rings. The van der Waals surface area contributed by atoms with Crippen molar-refractivity contribution >= 4 is 44.4 Å². The number of rotatable bonds is 5. The molecule has 9 heteroatoms. The van der Waals surface area contributed by atoms with E-state index in [1.165, 1.54) is 21.3 Å². The number of aromatic amines is 1. The van der Waals surface area contributed by atoms with Crippen LogP contribution < -0.4 is 14.8 Å². The van der Waals surface area contributed by atoms with Gasteiger partial charge in [0, 0.05) is 16.6 Å². The topological polar surface area (TPSA) is 103 Å². The first-order valence-electron chi connectivity index (χ1n) is 7.77. The summed E-state index contributed by atoms with van der Waals surface area (Å²) in [5.74, 6) is 0.0178. The van der Waals surface area contributed by atoms with Gasteiger partial charge in [-0.15, -0.1) is 0 Å². The minimum absolute atomic E-state index is 0.149. The lowest BCUT2D eigenvalue weighted by Gasteiger charge is -2.12. The number of amides is 1. The van der Waals surface area contributed by atoms with Gasteiger partial charge in [0.15, 0.2) is 5.69 Å². The van der Waals surface area contributed by atoms with E-state index in [4.69, 9.17) is 14.2 Å². The van der Waals surface area contributed by atoms with Gasteiger partial charge in [-0.3, -0.25) is 9.89 Å². The molecule has 1 aromatic heterocycles. The lowest BCUT2D eigenvalue weighted by atomic mass is 10.1. The van der Waals surface area contributed by atoms with E-state index in [9.17, 15) is 9.59 Å². The number of nitrogens with zero attached hydrogens (tertiary/aromatic N) is 1. The molecule has 0 spiro atoms. The normalized spacial score (nSPS) is 10.5. The van der Waals surface area contributed by atoms with Gasteiger partial charge >= 0.3 is 5.97 Å². The van der Waals surface area contributed by atoms with E-state index in [0.29, 0.717) is 38.1 Å². The molecule has 0 aliphatic carbocycles. The minimum Gasteiger partial charge on any atom is -0.495 e. The van der Waals surface area contributed by atoms with Gasteiger partial charge in [-0.2, -0.15) is 5.10 Å². The molecule has 3 rings (SSSR count). The van der Waals surface area contributed by atoms with Gasteiger partial charge < -0.3 is 19.5 Å². The minimum atomic E-state index is -0.563. The van der Waals surface area contributed by atoms with Crippen LogP contribution in [0.3, 0.4) is 0 Å². The fourth-order valence-corrected chi connectivity index (χ4v) is 3.10. The van der Waals surface area contributed by atoms with Gasteiger partial charge in [-0.1, -0.05) is 0 Å². The van der Waals surface area contributed by atoms with Gasteiger partial charge in [0.2, 0.25) is 0 Å². The molecule has 0 bridgehead atoms. The SMILES string of the molecule is COC(=O)c1n[nH]c2ccc(NC(=O)c3cc(OC)c(Br)c(OC)c3)cc12. The average Bonchev–Trinajstić information content (AvgIpc) is 3.10. The van der Waals surface area contributed by atoms with Gasteiger partial charge in [-0.25, -0.2) is 4.79 Å². The first kappa shape index (κ1) is 18.7. The summed E-state index contributed by atoms with van der Waals surface area (Å²) in [5, 5.41) is 10.0. The molecule has 0 aliphatic rings. The Bertz CT molecular complexity index is 1010. The highest BCUT2D eigenvalue weighted by Crippen LogP contribution is 2.35. The third-order valence-electron chi connectivity index (χ3n) is 3.91. The van der Waals surface area contributed by atoms with E-state index in [1.54, 1.807) is 30.3 Å². The molecule has 0 saturated carbocycles. The Labute approximate surface area is 162 Å². The van der Waals surface area contributed by atoms with Gasteiger partial charge in [0.1, 0.15) is 16.0 Å². The van der Waals surface area contributed by atoms with Crippen LogP contribution in [0.2, 0.25) is 0 Å². The summed E-state index contributed by atoms with van der Waals surface area (Å²) < 4.78 is 15.9. The summed E-state index contributed by atoms with van der Waals surface area (Å²) >= 11 is 3.37. The van der Waals surface area contributed by atoms with Crippen molar-refractivity contribution in [1.82, 2.24) is 10.2 Å². The number of nitrogens with one attached hydrogen (secondary N) is 2. The zero-order valence-corrected chi connectivity index (χ0v) is 16.3. The van der Waals surface area contributed by atoms with Crippen molar-refractivity contribution in [3.63, 3.8) is 0 Å². The molecule has 8 nitrogen and oxygen atoms in total. The first-order chi connectivity index (χ1) is 13.0. The van der Waals surface area contributed by atoms with Crippen LogP contribution in [0.1, 0.15) is 20.8 Å². The Kier molecular flexibility index (Phi) is 5.31. The number of benzene rings is 2. The third kappa shape index (κ3) is 3.59. The Morgan fingerprint density at radius 1 is 1.07 bits per heavy atom. The van der Waals surface area contributed by atoms with Gasteiger partial charge in [0.05, 0.1) is 26.8 Å². The number of hydrogen-bond acceptors (Lipinski definition) is 6. The smallest absolute Gasteiger partial charge is 0.359 e. The lowest BCUT2D eigenvalue weighted by molar-refractivity contribution is 0.0596. The highest BCUT2D eigenvalue weighted by atomic mass is 79.9. The Morgan fingerprint density at radius 2 is 1.74 bits per heavy atom. The zero-order valence-electron chi connectivity index (χ0n) is 14.8. The van der Waals surface area contributed by atoms with E-state index in [-0.39, 0.29) is 11.6 Å². The maximum atomic E-state index is 12.7. The molecule has 0 unspecified atom stereocenters. The number of H-pyrrole nitrogens is 1. The second kappa shape index (κ2) is 7.67. The van der Waals surface area contributed by atoms with Crippen molar-refractivity contribution in [3.8, 4) is 11.5 Å². The van der Waals surface area contributed by atoms with Crippen LogP contribution in [0.25, 0.3) is 10.9 Å². The summed E-state index contributed by atoms with van der Waals surface area (Å²) in [6.07, 6.45) is 0. The van der Waals surface area contributed by atoms with E-state index in [2.05, 4.69) is 31.4 Å². The van der Waals surface area contributed by atoms with Crippen LogP contribution in [-0.4, -0.2) is 43.4 Å². The molecule has 0 aliphatic heterocycles. The predicted molar refractivity (Wildman–Crippen MR) is 103 cm³/mol. The molecule has 0 atom stereocenters. The molecular weight excluding hydrogens is 418 g/mol. The number of halogens is 1. The molecule has 0 saturated heterocycles. The Morgan fingerprint density at radius 3 is 2.33 bits per heavy atom. The molecule has 27 heavy (non-hydrogen) atoms. The van der Waals surface area contributed by atoms with E-state index >= 15 is 0 Å². The molecule has 3 aromatic rings. The summed E-state index contributed by atoms with van der Waals surface area (Å²) in [7, 11) is 4.29. The highest BCUT2D eigenvalue weighted by Gasteiger charge is 2.17. The Balaban J connectivity index is 1.93. The van der Waals surface area contributed by atoms with Crippen molar-refractivity contribution in [2.45, 2.75) is 0 Å². The monoisotopic (exact) mass is 433 g/mol. The second-order valence-electron chi connectivity index (χ2n) is 5.47. The number of aromatic nitrogens is 2. The van der Waals surface area contributed by atoms with Crippen LogP contribution >= 0.6 is 15.9 Å². The maximum Gasteiger partial charge on any atom is 0.359 e. The first-order valence-corrected chi connectivity index (χ1v) is 8.57. The van der Waals surface area contributed by atoms with Crippen molar-refractivity contribution in [3.05, 3.63) is 46.1 Å². The molecule has 1 amide bonds. The number of hydrogen-bond donors (Lipinski definition) is 2. The number of methoxy groups -OCH3 is 3. The highest BCUT2D eigenvalue weighted by molar-refractivity contribution is 9.10. The molecule has 2 N–H and O–H groups in total. The molecular formula is C18H16BrN3O5. The second-order valence-corrected chi connectivity index (χ2v) is 6.27. The standard InChI is InChI=1S/C18H16BrN3O5/c1-25-13-6-9(7-14(26-2)15(13)19)17(23)20-10-4-5-12-11(8-10)16(22-21-12)18(24)27-3/h4-8H,1-3H3,(H,20,23)(H,21,22). The number of ether oxygens (including phenoxy) is 3. The van der Waals surface area contributed by atoms with Gasteiger partial charge in [-0.05, 0) is 46.3 Å². The fraction of sp³-hybridized carbons (Fsp3) is 0.167. The summed E-state index contributed by atoms with van der Waals surface area (Å²) in [6, 6.07) is 8.26. The molecule has 1 heterocycles. The van der Waals surface area contributed by atoms with Crippen LogP contribution in [0.5, 0.6) is 11.5 Å². The molecule has 0 radical (unpaired) electrons. The molecule has 140 valence electrons. The van der Waals surface area contributed by atoms with Crippen LogP contribution in [0, 0.1) is 0 Å². The average molecular weight is 434 g/mol. The number of esters is 1. The Hall–Kier alpha value is -3.07. The van der Waals surface area contributed by atoms with Crippen molar-refractivity contribution in [2.24, 2.45) is 0 Å². The number of carbonyl (C=O) groups is 2. The fourth-order valence-electron chi connectivity index (χ4n) is 2.55. The maximum absolute atomic E-state index is 12.7. The number of anilines is 1. The van der Waals surface area contributed by atoms with Crippen molar-refractivity contribution in [1.29, 1.82) is 0 Å². The number of carbonyl (C=O) groups excluding carboxylic acids is 2. The number of fused-ring (bicyclic) bond motifs is 1. The van der Waals surface area contributed by atoms with Crippen LogP contribution in [-0.2, 0) is 4.74 Å². The summed E-state index contributed by atoms with van der Waals surface area (Å²) in [5.41, 5.74) is 1.66. The third-order valence-corrected chi connectivity index (χ3v) is 4.69. The zero-order chi connectivity index (χ0) is 19.6. The van der Waals surface area contributed by atoms with Crippen LogP contribution in [0.4, 0.5) is 5.69 Å². The predicted octanol–water partition coefficient (Wildman–Crippen LogP) is 3.38. The molecule has 2 aromatic carbocycles. The van der Waals surface area contributed by atoms with E-state index in [1.807, 2.05) is 0 Å². The summed E-state index contributed by atoms with van der Waals surface area (Å²) in [4.78, 5) is 24.5. The summed E-state index contributed by atoms with van der Waals surface area (Å²) in [6.45, 7) is 0.